The molecule has 11 rings (SSSR count). The third-order valence-electron chi connectivity index (χ3n) is 10.3. The average Bonchev–Trinajstić information content (AvgIpc) is 3.72. The minimum atomic E-state index is 0.633. The molecule has 3 heterocycles. The minimum absolute atomic E-state index is 0.633. The number of aromatic nitrogens is 3. The van der Waals surface area contributed by atoms with Crippen LogP contribution in [0.1, 0.15) is 5.56 Å². The maximum atomic E-state index is 6.88. The quantitative estimate of drug-likeness (QED) is 0.192. The third kappa shape index (κ3) is 3.63. The lowest BCUT2D eigenvalue weighted by molar-refractivity contribution is 0.673. The molecule has 0 fully saturated rings. The monoisotopic (exact) mass is 625 g/mol. The van der Waals surface area contributed by atoms with Crippen LogP contribution in [-0.4, -0.2) is 14.5 Å². The Labute approximate surface area is 280 Å². The number of rotatable bonds is 2. The second-order valence-corrected chi connectivity index (χ2v) is 13.0. The number of aryl methyl sites for hydroxylation is 1. The molecule has 4 heteroatoms. The van der Waals surface area contributed by atoms with Crippen LogP contribution in [0.25, 0.3) is 104 Å². The first kappa shape index (κ1) is 26.5. The summed E-state index contributed by atoms with van der Waals surface area (Å²) in [6.07, 6.45) is 0. The molecule has 0 N–H and O–H groups in total. The summed E-state index contributed by atoms with van der Waals surface area (Å²) in [6.45, 7) is 2.17. The lowest BCUT2D eigenvalue weighted by Gasteiger charge is -2.12. The largest absolute Gasteiger partial charge is 0.455 e. The van der Waals surface area contributed by atoms with Crippen LogP contribution in [0.4, 0.5) is 0 Å². The number of hydrogen-bond acceptors (Lipinski definition) is 3. The van der Waals surface area contributed by atoms with Crippen molar-refractivity contribution in [1.29, 1.82) is 0 Å². The molecular weight excluding hydrogens is 599 g/mol. The number of nitrogens with zero attached hydrogens (tertiary/aromatic N) is 3. The first-order valence-electron chi connectivity index (χ1n) is 16.7. The van der Waals surface area contributed by atoms with Gasteiger partial charge < -0.3 is 4.42 Å². The van der Waals surface area contributed by atoms with Crippen molar-refractivity contribution in [3.05, 3.63) is 151 Å². The van der Waals surface area contributed by atoms with Gasteiger partial charge in [-0.15, -0.1) is 0 Å². The highest BCUT2D eigenvalue weighted by Crippen LogP contribution is 2.43. The van der Waals surface area contributed by atoms with Crippen LogP contribution in [0.2, 0.25) is 0 Å². The SMILES string of the molecule is Cc1cc2ccccc2c2oc3c(-c4nc(-n5c6ccc7ccccc7c6c6c7ccccc7ccc65)nc5ccccc45)cccc3c12. The molecule has 0 amide bonds. The van der Waals surface area contributed by atoms with E-state index >= 15 is 0 Å². The molecule has 0 unspecified atom stereocenters. The van der Waals surface area contributed by atoms with Gasteiger partial charge in [0.1, 0.15) is 11.2 Å². The van der Waals surface area contributed by atoms with E-state index in [9.17, 15) is 0 Å². The minimum Gasteiger partial charge on any atom is -0.455 e. The Balaban J connectivity index is 1.28. The predicted octanol–water partition coefficient (Wildman–Crippen LogP) is 12.1. The molecule has 0 saturated heterocycles. The van der Waals surface area contributed by atoms with Gasteiger partial charge in [0, 0.05) is 37.9 Å². The van der Waals surface area contributed by atoms with Crippen LogP contribution in [0.3, 0.4) is 0 Å². The first-order valence-corrected chi connectivity index (χ1v) is 16.7. The van der Waals surface area contributed by atoms with Crippen LogP contribution in [0.15, 0.2) is 150 Å². The number of furan rings is 1. The summed E-state index contributed by atoms with van der Waals surface area (Å²) in [7, 11) is 0. The second kappa shape index (κ2) is 9.75. The highest BCUT2D eigenvalue weighted by atomic mass is 16.3. The summed E-state index contributed by atoms with van der Waals surface area (Å²) < 4.78 is 9.13. The Bertz CT molecular complexity index is 3090. The molecule has 228 valence electrons. The van der Waals surface area contributed by atoms with Gasteiger partial charge in [-0.3, -0.25) is 4.57 Å². The van der Waals surface area contributed by atoms with Crippen molar-refractivity contribution in [2.45, 2.75) is 6.92 Å². The average molecular weight is 626 g/mol. The maximum absolute atomic E-state index is 6.88. The van der Waals surface area contributed by atoms with E-state index in [1.165, 1.54) is 43.3 Å². The van der Waals surface area contributed by atoms with Gasteiger partial charge in [0.15, 0.2) is 0 Å². The molecule has 11 aromatic rings. The Morgan fingerprint density at radius 2 is 1.06 bits per heavy atom. The third-order valence-corrected chi connectivity index (χ3v) is 10.3. The van der Waals surface area contributed by atoms with Gasteiger partial charge in [-0.25, -0.2) is 9.97 Å². The van der Waals surface area contributed by atoms with Crippen LogP contribution in [0.5, 0.6) is 0 Å². The van der Waals surface area contributed by atoms with Crippen molar-refractivity contribution in [1.82, 2.24) is 14.5 Å². The highest BCUT2D eigenvalue weighted by molar-refractivity contribution is 6.28. The lowest BCUT2D eigenvalue weighted by atomic mass is 9.99. The fraction of sp³-hybridized carbons (Fsp3) is 0.0222. The Hall–Kier alpha value is -6.52. The molecule has 0 atom stereocenters. The van der Waals surface area contributed by atoms with E-state index in [0.29, 0.717) is 5.95 Å². The van der Waals surface area contributed by atoms with E-state index in [-0.39, 0.29) is 0 Å². The molecule has 8 aromatic carbocycles. The topological polar surface area (TPSA) is 43.9 Å². The second-order valence-electron chi connectivity index (χ2n) is 13.0. The van der Waals surface area contributed by atoms with E-state index in [2.05, 4.69) is 151 Å². The summed E-state index contributed by atoms with van der Waals surface area (Å²) >= 11 is 0. The van der Waals surface area contributed by atoms with Gasteiger partial charge in [0.05, 0.1) is 22.2 Å². The van der Waals surface area contributed by atoms with E-state index in [4.69, 9.17) is 14.4 Å². The van der Waals surface area contributed by atoms with Crippen LogP contribution in [-0.2, 0) is 0 Å². The van der Waals surface area contributed by atoms with Gasteiger partial charge >= 0.3 is 0 Å². The number of hydrogen-bond donors (Lipinski definition) is 0. The summed E-state index contributed by atoms with van der Waals surface area (Å²) in [6, 6.07) is 51.6. The summed E-state index contributed by atoms with van der Waals surface area (Å²) in [4.78, 5) is 10.7. The standard InChI is InChI=1S/C45H27N3O/c1-26-25-29-13-4-7-16-32(29)44-39(26)34-18-10-19-35(43(34)49-44)42-33-17-8-9-20-36(33)46-45(47-42)48-37-23-21-27-11-2-5-14-30(27)40(37)41-31-15-6-3-12-28(31)22-24-38(41)48/h2-25H,1H3. The van der Waals surface area contributed by atoms with Crippen molar-refractivity contribution >= 4 is 87.0 Å². The predicted molar refractivity (Wildman–Crippen MR) is 204 cm³/mol. The van der Waals surface area contributed by atoms with Gasteiger partial charge in [0.25, 0.3) is 0 Å². The number of benzene rings is 8. The number of para-hydroxylation sites is 2. The van der Waals surface area contributed by atoms with Gasteiger partial charge in [-0.2, -0.15) is 0 Å². The fourth-order valence-electron chi connectivity index (χ4n) is 8.16. The summed E-state index contributed by atoms with van der Waals surface area (Å²) in [5.41, 5.74) is 7.79. The zero-order valence-electron chi connectivity index (χ0n) is 26.6. The van der Waals surface area contributed by atoms with Crippen molar-refractivity contribution in [2.24, 2.45) is 0 Å². The van der Waals surface area contributed by atoms with E-state index < -0.39 is 0 Å². The highest BCUT2D eigenvalue weighted by Gasteiger charge is 2.22. The van der Waals surface area contributed by atoms with E-state index in [0.717, 1.165) is 60.5 Å². The molecule has 4 nitrogen and oxygen atoms in total. The first-order chi connectivity index (χ1) is 24.2. The van der Waals surface area contributed by atoms with Crippen molar-refractivity contribution in [3.8, 4) is 17.2 Å². The molecule has 0 aliphatic rings. The van der Waals surface area contributed by atoms with Gasteiger partial charge in [-0.05, 0) is 63.7 Å². The zero-order valence-corrected chi connectivity index (χ0v) is 26.6. The van der Waals surface area contributed by atoms with Crippen LogP contribution < -0.4 is 0 Å². The molecule has 0 bridgehead atoms. The Kier molecular flexibility index (Phi) is 5.28. The lowest BCUT2D eigenvalue weighted by Crippen LogP contribution is -2.03. The molecule has 0 spiro atoms. The summed E-state index contributed by atoms with van der Waals surface area (Å²) in [5.74, 6) is 0.633. The maximum Gasteiger partial charge on any atom is 0.235 e. The van der Waals surface area contributed by atoms with Crippen molar-refractivity contribution in [2.75, 3.05) is 0 Å². The zero-order chi connectivity index (χ0) is 32.2. The molecule has 0 saturated carbocycles. The Morgan fingerprint density at radius 1 is 0.469 bits per heavy atom. The van der Waals surface area contributed by atoms with Crippen LogP contribution in [0, 0.1) is 6.92 Å². The summed E-state index contributed by atoms with van der Waals surface area (Å²) in [5, 5.41) is 12.8. The van der Waals surface area contributed by atoms with E-state index in [1.54, 1.807) is 0 Å². The molecule has 3 aromatic heterocycles. The Morgan fingerprint density at radius 3 is 1.78 bits per heavy atom. The fourth-order valence-corrected chi connectivity index (χ4v) is 8.16. The molecule has 0 aliphatic carbocycles. The smallest absolute Gasteiger partial charge is 0.235 e. The van der Waals surface area contributed by atoms with Crippen molar-refractivity contribution in [3.63, 3.8) is 0 Å². The van der Waals surface area contributed by atoms with E-state index in [1.807, 2.05) is 6.07 Å². The number of fused-ring (bicyclic) bond motifs is 13. The van der Waals surface area contributed by atoms with Crippen LogP contribution >= 0.6 is 0 Å². The molecule has 0 aliphatic heterocycles. The normalized spacial score (nSPS) is 12.2. The molecular formula is C45H27N3O. The molecule has 49 heavy (non-hydrogen) atoms. The van der Waals surface area contributed by atoms with Crippen molar-refractivity contribution < 1.29 is 4.42 Å². The molecule has 0 radical (unpaired) electrons. The van der Waals surface area contributed by atoms with Gasteiger partial charge in [0.2, 0.25) is 5.95 Å². The van der Waals surface area contributed by atoms with Gasteiger partial charge in [-0.1, -0.05) is 121 Å².